The number of hydrogen-bond donors (Lipinski definition) is 2. The van der Waals surface area contributed by atoms with Gasteiger partial charge in [-0.2, -0.15) is 4.57 Å². The van der Waals surface area contributed by atoms with Gasteiger partial charge in [0.15, 0.2) is 19.1 Å². The van der Waals surface area contributed by atoms with Crippen molar-refractivity contribution in [2.45, 2.75) is 21.5 Å². The number of ether oxygens (including phenoxy) is 1. The fraction of sp³-hybridized carbons (Fsp3) is 0.222. The van der Waals surface area contributed by atoms with Crippen molar-refractivity contribution in [2.24, 2.45) is 5.73 Å². The molecule has 0 bridgehead atoms. The van der Waals surface area contributed by atoms with Crippen molar-refractivity contribution in [1.82, 2.24) is 4.98 Å². The Kier molecular flexibility index (Phi) is 9.25. The van der Waals surface area contributed by atoms with Gasteiger partial charge in [0, 0.05) is 35.3 Å². The van der Waals surface area contributed by atoms with Crippen LogP contribution in [0.1, 0.15) is 25.2 Å². The molecule has 0 unspecified atom stereocenters. The number of rotatable bonds is 3. The topological polar surface area (TPSA) is 115 Å². The first-order valence-corrected chi connectivity index (χ1v) is 7.04. The Labute approximate surface area is 152 Å². The van der Waals surface area contributed by atoms with E-state index in [0.29, 0.717) is 12.2 Å². The Morgan fingerprint density at radius 1 is 1.31 bits per heavy atom. The van der Waals surface area contributed by atoms with Crippen LogP contribution < -0.4 is 10.3 Å². The van der Waals surface area contributed by atoms with Gasteiger partial charge < -0.3 is 9.72 Å². The van der Waals surface area contributed by atoms with E-state index in [2.05, 4.69) is 9.72 Å². The normalized spacial score (nSPS) is 9.15. The summed E-state index contributed by atoms with van der Waals surface area (Å²) in [4.78, 5) is 23.9. The Hall–Kier alpha value is -3.26. The summed E-state index contributed by atoms with van der Waals surface area (Å²) in [6.07, 6.45) is 5.19. The van der Waals surface area contributed by atoms with Crippen LogP contribution in [-0.2, 0) is 11.4 Å². The summed E-state index contributed by atoms with van der Waals surface area (Å²) in [5.41, 5.74) is 6.92. The quantitative estimate of drug-likeness (QED) is 0.322. The molecule has 0 fully saturated rings. The van der Waals surface area contributed by atoms with Gasteiger partial charge in [0.05, 0.1) is 12.0 Å². The summed E-state index contributed by atoms with van der Waals surface area (Å²) in [7, 11) is 1.35. The summed E-state index contributed by atoms with van der Waals surface area (Å²) in [5, 5.41) is 11.2. The van der Waals surface area contributed by atoms with E-state index in [0.717, 1.165) is 10.9 Å². The van der Waals surface area contributed by atoms with Gasteiger partial charge in [-0.1, -0.05) is 14.9 Å². The molecule has 0 aliphatic rings. The second-order valence-electron chi connectivity index (χ2n) is 4.79. The van der Waals surface area contributed by atoms with Crippen molar-refractivity contribution >= 4 is 22.6 Å². The van der Waals surface area contributed by atoms with Crippen LogP contribution in [0.15, 0.2) is 55.0 Å². The number of nitrogens with one attached hydrogen (secondary N) is 1. The van der Waals surface area contributed by atoms with Crippen LogP contribution in [0.3, 0.4) is 0 Å². The van der Waals surface area contributed by atoms with E-state index in [-0.39, 0.29) is 26.5 Å². The molecule has 140 valence electrons. The molecule has 3 aromatic rings. The number of nitrogens with zero attached hydrogens (tertiary/aromatic N) is 2. The standard InChI is InChI=1S/C8H6N2O2.C8H11N2O2.2CH4/c11-10(12)7-1-2-8-6(5-7)3-4-9-8;1-12-8(11)7-3-2-4-10(5-7)6-9;;/h1-5,9H;2-5H,6,9H2,1H3;2*1H4/q;+1;;. The molecular formula is C18H25N4O4+. The van der Waals surface area contributed by atoms with Gasteiger partial charge in [0.1, 0.15) is 5.56 Å². The van der Waals surface area contributed by atoms with E-state index in [9.17, 15) is 14.9 Å². The Bertz CT molecular complexity index is 861. The van der Waals surface area contributed by atoms with Crippen molar-refractivity contribution in [1.29, 1.82) is 0 Å². The highest BCUT2D eigenvalue weighted by molar-refractivity contribution is 5.88. The van der Waals surface area contributed by atoms with E-state index >= 15 is 0 Å². The fourth-order valence-corrected chi connectivity index (χ4v) is 2.03. The number of hydrogen-bond acceptors (Lipinski definition) is 5. The number of nitrogens with two attached hydrogens (primary N) is 1. The minimum atomic E-state index is -0.396. The second-order valence-corrected chi connectivity index (χ2v) is 4.79. The molecule has 2 heterocycles. The van der Waals surface area contributed by atoms with E-state index in [1.807, 2.05) is 6.07 Å². The van der Waals surface area contributed by atoms with Gasteiger partial charge >= 0.3 is 5.97 Å². The highest BCUT2D eigenvalue weighted by Crippen LogP contribution is 2.18. The van der Waals surface area contributed by atoms with Crippen molar-refractivity contribution in [3.63, 3.8) is 0 Å². The van der Waals surface area contributed by atoms with Gasteiger partial charge in [-0.15, -0.1) is 0 Å². The molecule has 0 saturated heterocycles. The zero-order chi connectivity index (χ0) is 17.5. The maximum atomic E-state index is 11.0. The Morgan fingerprint density at radius 3 is 2.65 bits per heavy atom. The number of nitro benzene ring substituents is 1. The molecule has 0 amide bonds. The number of pyridine rings is 1. The highest BCUT2D eigenvalue weighted by Gasteiger charge is 2.08. The van der Waals surface area contributed by atoms with Crippen LogP contribution in [0.2, 0.25) is 0 Å². The second kappa shape index (κ2) is 10.6. The smallest absolute Gasteiger partial charge is 0.343 e. The minimum absolute atomic E-state index is 0. The van der Waals surface area contributed by atoms with Crippen LogP contribution >= 0.6 is 0 Å². The number of aromatic amines is 1. The number of esters is 1. The van der Waals surface area contributed by atoms with Crippen molar-refractivity contribution in [3.05, 3.63) is 70.7 Å². The lowest BCUT2D eigenvalue weighted by molar-refractivity contribution is -0.696. The van der Waals surface area contributed by atoms with E-state index in [4.69, 9.17) is 5.73 Å². The molecule has 0 spiro atoms. The number of H-pyrrole nitrogens is 1. The molecule has 8 heteroatoms. The SMILES string of the molecule is C.C.COC(=O)c1ccc[n+](CN)c1.O=[N+]([O-])c1ccc2[nH]ccc2c1. The molecule has 2 aromatic heterocycles. The number of fused-ring (bicyclic) bond motifs is 1. The molecule has 0 atom stereocenters. The lowest BCUT2D eigenvalue weighted by Crippen LogP contribution is -2.38. The summed E-state index contributed by atoms with van der Waals surface area (Å²) in [6, 6.07) is 9.97. The molecule has 0 aliphatic heterocycles. The van der Waals surface area contributed by atoms with Gasteiger partial charge in [-0.3, -0.25) is 15.8 Å². The highest BCUT2D eigenvalue weighted by atomic mass is 16.6. The average molecular weight is 361 g/mol. The first-order chi connectivity index (χ1) is 11.5. The van der Waals surface area contributed by atoms with Crippen LogP contribution in [0.5, 0.6) is 0 Å². The largest absolute Gasteiger partial charge is 0.465 e. The molecule has 8 nitrogen and oxygen atoms in total. The maximum Gasteiger partial charge on any atom is 0.343 e. The maximum absolute atomic E-state index is 11.0. The molecule has 26 heavy (non-hydrogen) atoms. The van der Waals surface area contributed by atoms with E-state index in [1.165, 1.54) is 13.2 Å². The van der Waals surface area contributed by atoms with E-state index < -0.39 is 4.92 Å². The predicted molar refractivity (Wildman–Crippen MR) is 101 cm³/mol. The van der Waals surface area contributed by atoms with Gasteiger partial charge in [0.2, 0.25) is 0 Å². The molecule has 0 radical (unpaired) electrons. The minimum Gasteiger partial charge on any atom is -0.465 e. The number of carbonyl (C=O) groups excluding carboxylic acids is 1. The first-order valence-electron chi connectivity index (χ1n) is 7.04. The molecule has 3 rings (SSSR count). The molecule has 3 N–H and O–H groups in total. The van der Waals surface area contributed by atoms with Crippen molar-refractivity contribution < 1.29 is 19.0 Å². The third-order valence-corrected chi connectivity index (χ3v) is 3.24. The van der Waals surface area contributed by atoms with Crippen LogP contribution in [0.25, 0.3) is 10.9 Å². The van der Waals surface area contributed by atoms with Crippen molar-refractivity contribution in [2.75, 3.05) is 7.11 Å². The number of aromatic nitrogens is 2. The molecular weight excluding hydrogens is 336 g/mol. The van der Waals surface area contributed by atoms with Crippen LogP contribution in [-0.4, -0.2) is 23.0 Å². The Balaban J connectivity index is 0.000000446. The third kappa shape index (κ3) is 5.67. The number of methoxy groups -OCH3 is 1. The summed E-state index contributed by atoms with van der Waals surface area (Å²) in [6.45, 7) is 0.352. The average Bonchev–Trinajstić information content (AvgIpc) is 3.09. The third-order valence-electron chi connectivity index (χ3n) is 3.24. The molecule has 0 aliphatic carbocycles. The zero-order valence-corrected chi connectivity index (χ0v) is 13.0. The zero-order valence-electron chi connectivity index (χ0n) is 13.0. The first kappa shape index (κ1) is 22.7. The van der Waals surface area contributed by atoms with Gasteiger partial charge in [-0.25, -0.2) is 4.79 Å². The number of carbonyl (C=O) groups is 1. The molecule has 1 aromatic carbocycles. The predicted octanol–water partition coefficient (Wildman–Crippen LogP) is 3.03. The van der Waals surface area contributed by atoms with E-state index in [1.54, 1.807) is 47.4 Å². The van der Waals surface area contributed by atoms with Crippen LogP contribution in [0, 0.1) is 10.1 Å². The summed E-state index contributed by atoms with van der Waals surface area (Å²) in [5.74, 6) is -0.349. The number of nitro groups is 1. The Morgan fingerprint density at radius 2 is 2.04 bits per heavy atom. The fourth-order valence-electron chi connectivity index (χ4n) is 2.03. The number of non-ortho nitro benzene ring substituents is 1. The summed E-state index contributed by atoms with van der Waals surface area (Å²) < 4.78 is 6.24. The van der Waals surface area contributed by atoms with Gasteiger partial charge in [0.25, 0.3) is 5.69 Å². The lowest BCUT2D eigenvalue weighted by atomic mass is 10.2. The van der Waals surface area contributed by atoms with Gasteiger partial charge in [-0.05, 0) is 18.2 Å². The monoisotopic (exact) mass is 361 g/mol. The molecule has 0 saturated carbocycles. The van der Waals surface area contributed by atoms with Crippen molar-refractivity contribution in [3.8, 4) is 0 Å². The summed E-state index contributed by atoms with van der Waals surface area (Å²) >= 11 is 0. The van der Waals surface area contributed by atoms with Crippen LogP contribution in [0.4, 0.5) is 5.69 Å². The lowest BCUT2D eigenvalue weighted by Gasteiger charge is -1.96. The number of benzene rings is 1.